The Morgan fingerprint density at radius 1 is 1.31 bits per heavy atom. The minimum atomic E-state index is -0.137. The zero-order chi connectivity index (χ0) is 12.0. The van der Waals surface area contributed by atoms with Crippen LogP contribution < -0.4 is 11.3 Å². The van der Waals surface area contributed by atoms with E-state index in [1.807, 2.05) is 0 Å². The molecule has 4 heteroatoms. The molecule has 1 saturated heterocycles. The van der Waals surface area contributed by atoms with Gasteiger partial charge in [0.05, 0.1) is 11.6 Å². The van der Waals surface area contributed by atoms with Gasteiger partial charge in [-0.2, -0.15) is 0 Å². The van der Waals surface area contributed by atoms with Gasteiger partial charge in [0.1, 0.15) is 0 Å². The molecule has 1 aliphatic rings. The lowest BCUT2D eigenvalue weighted by Crippen LogP contribution is -2.57. The van der Waals surface area contributed by atoms with Crippen molar-refractivity contribution in [3.8, 4) is 0 Å². The SMILES string of the molecule is COC1(C(CCC(C)C)NN)CCOCC1. The standard InChI is InChI=1S/C12H26N2O2/c1-10(2)4-5-11(14-13)12(15-3)6-8-16-9-7-12/h10-11,14H,4-9,13H2,1-3H3. The van der Waals surface area contributed by atoms with Gasteiger partial charge in [-0.05, 0) is 18.8 Å². The second-order valence-electron chi connectivity index (χ2n) is 5.07. The van der Waals surface area contributed by atoms with E-state index >= 15 is 0 Å². The van der Waals surface area contributed by atoms with Crippen molar-refractivity contribution in [1.29, 1.82) is 0 Å². The highest BCUT2D eigenvalue weighted by Gasteiger charge is 2.39. The zero-order valence-corrected chi connectivity index (χ0v) is 10.8. The summed E-state index contributed by atoms with van der Waals surface area (Å²) in [4.78, 5) is 0. The molecule has 0 aromatic rings. The molecule has 0 spiro atoms. The van der Waals surface area contributed by atoms with Gasteiger partial charge in [0, 0.05) is 33.2 Å². The Morgan fingerprint density at radius 2 is 1.94 bits per heavy atom. The summed E-state index contributed by atoms with van der Waals surface area (Å²) in [5.41, 5.74) is 2.80. The summed E-state index contributed by atoms with van der Waals surface area (Å²) >= 11 is 0. The Hall–Kier alpha value is -0.160. The quantitative estimate of drug-likeness (QED) is 0.535. The molecule has 0 radical (unpaired) electrons. The van der Waals surface area contributed by atoms with E-state index < -0.39 is 0 Å². The van der Waals surface area contributed by atoms with Crippen LogP contribution in [0, 0.1) is 5.92 Å². The minimum absolute atomic E-state index is 0.137. The highest BCUT2D eigenvalue weighted by Crippen LogP contribution is 2.30. The number of ether oxygens (including phenoxy) is 2. The molecule has 0 aromatic heterocycles. The molecule has 1 atom stereocenters. The summed E-state index contributed by atoms with van der Waals surface area (Å²) in [6.07, 6.45) is 4.08. The smallest absolute Gasteiger partial charge is 0.0888 e. The first-order valence-electron chi connectivity index (χ1n) is 6.23. The van der Waals surface area contributed by atoms with Crippen LogP contribution in [0.3, 0.4) is 0 Å². The van der Waals surface area contributed by atoms with E-state index in [2.05, 4.69) is 19.3 Å². The van der Waals surface area contributed by atoms with Crippen molar-refractivity contribution < 1.29 is 9.47 Å². The summed E-state index contributed by atoms with van der Waals surface area (Å²) < 4.78 is 11.1. The van der Waals surface area contributed by atoms with Crippen LogP contribution in [-0.4, -0.2) is 32.0 Å². The fourth-order valence-electron chi connectivity index (χ4n) is 2.41. The van der Waals surface area contributed by atoms with Crippen LogP contribution in [0.5, 0.6) is 0 Å². The van der Waals surface area contributed by atoms with Gasteiger partial charge in [0.2, 0.25) is 0 Å². The van der Waals surface area contributed by atoms with Crippen molar-refractivity contribution in [3.05, 3.63) is 0 Å². The molecule has 1 fully saturated rings. The van der Waals surface area contributed by atoms with E-state index in [0.29, 0.717) is 5.92 Å². The van der Waals surface area contributed by atoms with Crippen molar-refractivity contribution in [1.82, 2.24) is 5.43 Å². The summed E-state index contributed by atoms with van der Waals surface area (Å²) in [6, 6.07) is 0.226. The van der Waals surface area contributed by atoms with E-state index in [9.17, 15) is 0 Å². The van der Waals surface area contributed by atoms with Gasteiger partial charge < -0.3 is 9.47 Å². The first-order chi connectivity index (χ1) is 7.64. The van der Waals surface area contributed by atoms with Crippen molar-refractivity contribution >= 4 is 0 Å². The number of hydrazine groups is 1. The minimum Gasteiger partial charge on any atom is -0.381 e. The van der Waals surface area contributed by atoms with E-state index in [4.69, 9.17) is 15.3 Å². The Balaban J connectivity index is 2.58. The Morgan fingerprint density at radius 3 is 2.38 bits per heavy atom. The lowest BCUT2D eigenvalue weighted by molar-refractivity contribution is -0.112. The molecule has 3 N–H and O–H groups in total. The van der Waals surface area contributed by atoms with E-state index in [-0.39, 0.29) is 11.6 Å². The molecule has 4 nitrogen and oxygen atoms in total. The maximum absolute atomic E-state index is 5.74. The first-order valence-corrected chi connectivity index (χ1v) is 6.23. The average Bonchev–Trinajstić information content (AvgIpc) is 2.30. The molecular weight excluding hydrogens is 204 g/mol. The molecule has 1 rings (SSSR count). The third-order valence-electron chi connectivity index (χ3n) is 3.61. The van der Waals surface area contributed by atoms with E-state index in [1.54, 1.807) is 7.11 Å². The third kappa shape index (κ3) is 3.42. The molecular formula is C12H26N2O2. The average molecular weight is 230 g/mol. The molecule has 1 unspecified atom stereocenters. The Bertz CT molecular complexity index is 191. The highest BCUT2D eigenvalue weighted by molar-refractivity contribution is 4.94. The Kier molecular flexibility index (Phi) is 5.69. The van der Waals surface area contributed by atoms with Crippen LogP contribution in [-0.2, 0) is 9.47 Å². The molecule has 0 saturated carbocycles. The van der Waals surface area contributed by atoms with Crippen LogP contribution >= 0.6 is 0 Å². The summed E-state index contributed by atoms with van der Waals surface area (Å²) in [5.74, 6) is 6.38. The molecule has 0 bridgehead atoms. The zero-order valence-electron chi connectivity index (χ0n) is 10.8. The van der Waals surface area contributed by atoms with Crippen LogP contribution in [0.15, 0.2) is 0 Å². The molecule has 0 aromatic carbocycles. The van der Waals surface area contributed by atoms with Crippen LogP contribution in [0.4, 0.5) is 0 Å². The topological polar surface area (TPSA) is 56.5 Å². The van der Waals surface area contributed by atoms with Gasteiger partial charge >= 0.3 is 0 Å². The predicted octanol–water partition coefficient (Wildman–Crippen LogP) is 1.45. The number of hydrogen-bond donors (Lipinski definition) is 2. The number of methoxy groups -OCH3 is 1. The summed E-state index contributed by atoms with van der Waals surface area (Å²) in [6.45, 7) is 6.01. The fourth-order valence-corrected chi connectivity index (χ4v) is 2.41. The van der Waals surface area contributed by atoms with Crippen molar-refractivity contribution in [2.45, 2.75) is 51.2 Å². The predicted molar refractivity (Wildman–Crippen MR) is 65.0 cm³/mol. The van der Waals surface area contributed by atoms with Gasteiger partial charge in [-0.3, -0.25) is 11.3 Å². The fraction of sp³-hybridized carbons (Fsp3) is 1.00. The van der Waals surface area contributed by atoms with Gasteiger partial charge in [0.15, 0.2) is 0 Å². The van der Waals surface area contributed by atoms with Crippen LogP contribution in [0.1, 0.15) is 39.5 Å². The van der Waals surface area contributed by atoms with Crippen molar-refractivity contribution in [2.75, 3.05) is 20.3 Å². The Labute approximate surface area is 98.8 Å². The van der Waals surface area contributed by atoms with Gasteiger partial charge in [-0.25, -0.2) is 0 Å². The molecule has 0 aliphatic carbocycles. The number of rotatable bonds is 6. The monoisotopic (exact) mass is 230 g/mol. The summed E-state index contributed by atoms with van der Waals surface area (Å²) in [7, 11) is 1.78. The van der Waals surface area contributed by atoms with Gasteiger partial charge in [-0.15, -0.1) is 0 Å². The molecule has 0 amide bonds. The molecule has 16 heavy (non-hydrogen) atoms. The second-order valence-corrected chi connectivity index (χ2v) is 5.07. The molecule has 1 aliphatic heterocycles. The first kappa shape index (κ1) is 13.9. The lowest BCUT2D eigenvalue weighted by Gasteiger charge is -2.42. The number of hydrogen-bond acceptors (Lipinski definition) is 4. The van der Waals surface area contributed by atoms with Crippen LogP contribution in [0.25, 0.3) is 0 Å². The number of nitrogens with two attached hydrogens (primary N) is 1. The lowest BCUT2D eigenvalue weighted by atomic mass is 9.83. The largest absolute Gasteiger partial charge is 0.381 e. The van der Waals surface area contributed by atoms with Crippen LogP contribution in [0.2, 0.25) is 0 Å². The van der Waals surface area contributed by atoms with Gasteiger partial charge in [0.25, 0.3) is 0 Å². The maximum Gasteiger partial charge on any atom is 0.0888 e. The third-order valence-corrected chi connectivity index (χ3v) is 3.61. The highest BCUT2D eigenvalue weighted by atomic mass is 16.5. The van der Waals surface area contributed by atoms with Crippen molar-refractivity contribution in [3.63, 3.8) is 0 Å². The second kappa shape index (κ2) is 6.55. The van der Waals surface area contributed by atoms with Gasteiger partial charge in [-0.1, -0.05) is 13.8 Å². The molecule has 96 valence electrons. The molecule has 1 heterocycles. The maximum atomic E-state index is 5.74. The summed E-state index contributed by atoms with van der Waals surface area (Å²) in [5, 5.41) is 0. The van der Waals surface area contributed by atoms with Crippen molar-refractivity contribution in [2.24, 2.45) is 11.8 Å². The van der Waals surface area contributed by atoms with E-state index in [1.165, 1.54) is 6.42 Å². The van der Waals surface area contributed by atoms with E-state index in [0.717, 1.165) is 32.5 Å². The number of nitrogens with one attached hydrogen (secondary N) is 1. The normalized spacial score (nSPS) is 22.3.